The number of aromatic nitrogens is 3. The van der Waals surface area contributed by atoms with Gasteiger partial charge in [-0.25, -0.2) is 15.0 Å². The van der Waals surface area contributed by atoms with E-state index in [1.165, 1.54) is 5.56 Å². The van der Waals surface area contributed by atoms with Crippen LogP contribution in [0.15, 0.2) is 24.5 Å². The van der Waals surface area contributed by atoms with Crippen molar-refractivity contribution in [3.63, 3.8) is 0 Å². The zero-order valence-electron chi connectivity index (χ0n) is 19.4. The lowest BCUT2D eigenvalue weighted by atomic mass is 9.90. The number of nitrogens with one attached hydrogen (secondary N) is 1. The van der Waals surface area contributed by atoms with Crippen molar-refractivity contribution in [2.24, 2.45) is 0 Å². The Morgan fingerprint density at radius 3 is 2.56 bits per heavy atom. The van der Waals surface area contributed by atoms with Crippen LogP contribution in [0.3, 0.4) is 0 Å². The first-order valence-electron chi connectivity index (χ1n) is 11.5. The van der Waals surface area contributed by atoms with Gasteiger partial charge in [-0.2, -0.15) is 0 Å². The molecule has 3 rings (SSSR count). The van der Waals surface area contributed by atoms with E-state index in [1.54, 1.807) is 12.4 Å². The molecule has 7 heteroatoms. The van der Waals surface area contributed by atoms with E-state index >= 15 is 0 Å². The molecule has 0 spiro atoms. The van der Waals surface area contributed by atoms with Crippen LogP contribution in [0.1, 0.15) is 87.9 Å². The second kappa shape index (κ2) is 10.7. The van der Waals surface area contributed by atoms with Crippen LogP contribution >= 0.6 is 0 Å². The Kier molecular flexibility index (Phi) is 7.94. The lowest BCUT2D eigenvalue weighted by molar-refractivity contribution is -0.137. The summed E-state index contributed by atoms with van der Waals surface area (Å²) >= 11 is 0. The van der Waals surface area contributed by atoms with Crippen molar-refractivity contribution in [2.45, 2.75) is 83.5 Å². The molecule has 0 unspecified atom stereocenters. The summed E-state index contributed by atoms with van der Waals surface area (Å²) in [6.45, 7) is 7.04. The predicted octanol–water partition coefficient (Wildman–Crippen LogP) is 4.46. The Bertz CT molecular complexity index is 935. The van der Waals surface area contributed by atoms with Crippen molar-refractivity contribution < 1.29 is 14.7 Å². The van der Waals surface area contributed by atoms with Gasteiger partial charge < -0.3 is 10.4 Å². The first kappa shape index (κ1) is 23.8. The number of fused-ring (bicyclic) bond motifs is 1. The van der Waals surface area contributed by atoms with Crippen molar-refractivity contribution in [2.75, 3.05) is 11.9 Å². The number of nitrogens with zero attached hydrogens (tertiary/aromatic N) is 3. The largest absolute Gasteiger partial charge is 0.481 e. The third-order valence-electron chi connectivity index (χ3n) is 5.80. The quantitative estimate of drug-likeness (QED) is 0.528. The van der Waals surface area contributed by atoms with Gasteiger partial charge in [0, 0.05) is 48.8 Å². The van der Waals surface area contributed by atoms with Crippen LogP contribution in [-0.2, 0) is 27.8 Å². The van der Waals surface area contributed by atoms with Crippen molar-refractivity contribution in [3.8, 4) is 0 Å². The van der Waals surface area contributed by atoms with Gasteiger partial charge >= 0.3 is 5.97 Å². The van der Waals surface area contributed by atoms with Crippen molar-refractivity contribution in [1.82, 2.24) is 15.0 Å². The Morgan fingerprint density at radius 2 is 1.88 bits per heavy atom. The SMILES string of the molecule is CC(C)(C)c1ncc([C@@H](CC(=O)O)CC(=O)CCCCc2ccc3c(n2)NCCC3)cn1. The van der Waals surface area contributed by atoms with Crippen LogP contribution in [0.25, 0.3) is 0 Å². The molecule has 2 aromatic rings. The third kappa shape index (κ3) is 6.84. The molecule has 0 radical (unpaired) electrons. The minimum atomic E-state index is -0.921. The molecular weight excluding hydrogens is 404 g/mol. The molecule has 172 valence electrons. The zero-order valence-corrected chi connectivity index (χ0v) is 19.4. The summed E-state index contributed by atoms with van der Waals surface area (Å²) in [5.41, 5.74) is 2.85. The molecule has 0 saturated heterocycles. The number of carboxylic acids is 1. The number of pyridine rings is 1. The maximum absolute atomic E-state index is 12.6. The smallest absolute Gasteiger partial charge is 0.303 e. The number of aliphatic carboxylic acids is 1. The molecule has 1 aliphatic heterocycles. The van der Waals surface area contributed by atoms with Gasteiger partial charge in [0.15, 0.2) is 0 Å². The van der Waals surface area contributed by atoms with Crippen LogP contribution in [0.4, 0.5) is 5.82 Å². The number of rotatable bonds is 10. The van der Waals surface area contributed by atoms with Crippen LogP contribution in [0, 0.1) is 0 Å². The van der Waals surface area contributed by atoms with Crippen molar-refractivity contribution >= 4 is 17.6 Å². The van der Waals surface area contributed by atoms with E-state index in [0.29, 0.717) is 17.8 Å². The zero-order chi connectivity index (χ0) is 23.1. The van der Waals surface area contributed by atoms with E-state index < -0.39 is 11.9 Å². The molecule has 0 aromatic carbocycles. The number of carbonyl (C=O) groups excluding carboxylic acids is 1. The molecule has 0 aliphatic carbocycles. The molecule has 2 N–H and O–H groups in total. The van der Waals surface area contributed by atoms with E-state index in [-0.39, 0.29) is 24.0 Å². The minimum absolute atomic E-state index is 0.0798. The molecular formula is C25H34N4O3. The maximum atomic E-state index is 12.6. The van der Waals surface area contributed by atoms with Gasteiger partial charge in [-0.1, -0.05) is 26.8 Å². The van der Waals surface area contributed by atoms with E-state index in [2.05, 4.69) is 27.4 Å². The highest BCUT2D eigenvalue weighted by Gasteiger charge is 2.22. The van der Waals surface area contributed by atoms with Crippen LogP contribution < -0.4 is 5.32 Å². The van der Waals surface area contributed by atoms with E-state index in [9.17, 15) is 14.7 Å². The summed E-state index contributed by atoms with van der Waals surface area (Å²) in [6.07, 6.45) is 8.59. The third-order valence-corrected chi connectivity index (χ3v) is 5.80. The highest BCUT2D eigenvalue weighted by atomic mass is 16.4. The normalized spacial score (nSPS) is 14.3. The lowest BCUT2D eigenvalue weighted by Gasteiger charge is -2.18. The second-order valence-electron chi connectivity index (χ2n) is 9.68. The fourth-order valence-electron chi connectivity index (χ4n) is 3.97. The van der Waals surface area contributed by atoms with Crippen LogP contribution in [0.2, 0.25) is 0 Å². The molecule has 1 atom stereocenters. The van der Waals surface area contributed by atoms with E-state index in [4.69, 9.17) is 4.98 Å². The predicted molar refractivity (Wildman–Crippen MR) is 124 cm³/mol. The molecule has 2 aromatic heterocycles. The number of anilines is 1. The maximum Gasteiger partial charge on any atom is 0.303 e. The molecule has 1 aliphatic rings. The summed E-state index contributed by atoms with van der Waals surface area (Å²) < 4.78 is 0. The number of Topliss-reactive ketones (excluding diaryl/α,β-unsaturated/α-hetero) is 1. The molecule has 3 heterocycles. The first-order chi connectivity index (χ1) is 15.2. The number of aryl methyl sites for hydroxylation is 2. The van der Waals surface area contributed by atoms with Gasteiger partial charge in [0.05, 0.1) is 6.42 Å². The number of hydrogen-bond acceptors (Lipinski definition) is 6. The highest BCUT2D eigenvalue weighted by Crippen LogP contribution is 2.26. The number of hydrogen-bond donors (Lipinski definition) is 2. The standard InChI is InChI=1S/C25H34N4O3/c1-25(2,3)24-27-15-19(16-28-24)18(14-22(31)32)13-21(30)9-5-4-8-20-11-10-17-7-6-12-26-23(17)29-20/h10-11,15-16,18H,4-9,12-14H2,1-3H3,(H,26,29)(H,31,32)/t18-/m1/s1. The molecule has 0 amide bonds. The monoisotopic (exact) mass is 438 g/mol. The van der Waals surface area contributed by atoms with Gasteiger partial charge in [0.2, 0.25) is 0 Å². The number of ketones is 1. The number of unbranched alkanes of at least 4 members (excludes halogenated alkanes) is 1. The topological polar surface area (TPSA) is 105 Å². The number of carbonyl (C=O) groups is 2. The van der Waals surface area contributed by atoms with Crippen LogP contribution in [-0.4, -0.2) is 38.4 Å². The average molecular weight is 439 g/mol. The molecule has 7 nitrogen and oxygen atoms in total. The van der Waals surface area contributed by atoms with E-state index in [0.717, 1.165) is 50.2 Å². The van der Waals surface area contributed by atoms with Crippen molar-refractivity contribution in [3.05, 3.63) is 47.2 Å². The summed E-state index contributed by atoms with van der Waals surface area (Å²) in [4.78, 5) is 37.4. The van der Waals surface area contributed by atoms with Gasteiger partial charge in [-0.05, 0) is 49.3 Å². The van der Waals surface area contributed by atoms with E-state index in [1.807, 2.05) is 20.8 Å². The summed E-state index contributed by atoms with van der Waals surface area (Å²) in [5.74, 6) is 0.460. The highest BCUT2D eigenvalue weighted by molar-refractivity contribution is 5.80. The van der Waals surface area contributed by atoms with Crippen LogP contribution in [0.5, 0.6) is 0 Å². The van der Waals surface area contributed by atoms with Gasteiger partial charge in [0.25, 0.3) is 0 Å². The average Bonchev–Trinajstić information content (AvgIpc) is 2.75. The molecule has 0 bridgehead atoms. The lowest BCUT2D eigenvalue weighted by Crippen LogP contribution is -2.17. The Balaban J connectivity index is 1.50. The Hall–Kier alpha value is -2.83. The van der Waals surface area contributed by atoms with Gasteiger partial charge in [0.1, 0.15) is 17.4 Å². The Labute approximate surface area is 190 Å². The summed E-state index contributed by atoms with van der Waals surface area (Å²) in [6, 6.07) is 4.23. The summed E-state index contributed by atoms with van der Waals surface area (Å²) in [5, 5.41) is 12.7. The fraction of sp³-hybridized carbons (Fsp3) is 0.560. The minimum Gasteiger partial charge on any atom is -0.481 e. The molecule has 0 fully saturated rings. The fourth-order valence-corrected chi connectivity index (χ4v) is 3.97. The number of carboxylic acid groups (broad SMARTS) is 1. The molecule has 32 heavy (non-hydrogen) atoms. The van der Waals surface area contributed by atoms with Gasteiger partial charge in [-0.15, -0.1) is 0 Å². The Morgan fingerprint density at radius 1 is 1.12 bits per heavy atom. The molecule has 0 saturated carbocycles. The second-order valence-corrected chi connectivity index (χ2v) is 9.68. The summed E-state index contributed by atoms with van der Waals surface area (Å²) in [7, 11) is 0. The first-order valence-corrected chi connectivity index (χ1v) is 11.5. The van der Waals surface area contributed by atoms with Gasteiger partial charge in [-0.3, -0.25) is 9.59 Å². The van der Waals surface area contributed by atoms with Crippen molar-refractivity contribution in [1.29, 1.82) is 0 Å².